The summed E-state index contributed by atoms with van der Waals surface area (Å²) in [4.78, 5) is 22.9. The van der Waals surface area contributed by atoms with Crippen LogP contribution in [-0.2, 0) is 9.59 Å². The molecule has 0 saturated heterocycles. The van der Waals surface area contributed by atoms with E-state index in [2.05, 4.69) is 5.32 Å². The van der Waals surface area contributed by atoms with Crippen molar-refractivity contribution in [2.75, 3.05) is 6.54 Å². The Morgan fingerprint density at radius 3 is 2.68 bits per heavy atom. The first kappa shape index (κ1) is 16.0. The summed E-state index contributed by atoms with van der Waals surface area (Å²) in [6.45, 7) is -0.137. The van der Waals surface area contributed by atoms with Crippen LogP contribution < -0.4 is 10.1 Å². The average molecular weight is 307 g/mol. The molecule has 0 heterocycles. The number of carbonyl (C=O) groups is 2. The van der Waals surface area contributed by atoms with Crippen LogP contribution in [0.4, 0.5) is 4.39 Å². The standard InChI is InChI=1S/C16H18FNO4/c17-12-5-7-13(8-6-12)22-14(16(20)21)10-18-15(19)9-11-3-1-2-4-11/h1,3,5-8,11,14H,2,4,9-10H2,(H,18,19)(H,20,21). The summed E-state index contributed by atoms with van der Waals surface area (Å²) < 4.78 is 18.1. The summed E-state index contributed by atoms with van der Waals surface area (Å²) >= 11 is 0. The van der Waals surface area contributed by atoms with Crippen molar-refractivity contribution in [1.82, 2.24) is 5.32 Å². The fourth-order valence-electron chi connectivity index (χ4n) is 2.24. The second kappa shape index (κ2) is 7.59. The number of amides is 1. The third-order valence-corrected chi connectivity index (χ3v) is 3.41. The SMILES string of the molecule is O=C(CC1C=CCC1)NCC(Oc1ccc(F)cc1)C(=O)O. The minimum atomic E-state index is -1.21. The van der Waals surface area contributed by atoms with Gasteiger partial charge < -0.3 is 15.2 Å². The van der Waals surface area contributed by atoms with Crippen LogP contribution in [0.2, 0.25) is 0 Å². The molecule has 0 aliphatic heterocycles. The Balaban J connectivity index is 1.83. The van der Waals surface area contributed by atoms with E-state index in [1.807, 2.05) is 12.2 Å². The van der Waals surface area contributed by atoms with E-state index < -0.39 is 17.9 Å². The number of hydrogen-bond acceptors (Lipinski definition) is 3. The molecule has 2 N–H and O–H groups in total. The van der Waals surface area contributed by atoms with Crippen LogP contribution in [-0.4, -0.2) is 29.6 Å². The topological polar surface area (TPSA) is 75.6 Å². The predicted octanol–water partition coefficient (Wildman–Crippen LogP) is 2.13. The molecule has 5 nitrogen and oxygen atoms in total. The van der Waals surface area contributed by atoms with Crippen LogP contribution in [0.3, 0.4) is 0 Å². The number of hydrogen-bond donors (Lipinski definition) is 2. The molecule has 0 saturated carbocycles. The molecule has 0 fully saturated rings. The highest BCUT2D eigenvalue weighted by atomic mass is 19.1. The second-order valence-corrected chi connectivity index (χ2v) is 5.17. The van der Waals surface area contributed by atoms with Crippen molar-refractivity contribution in [3.05, 3.63) is 42.2 Å². The number of rotatable bonds is 7. The first-order valence-electron chi connectivity index (χ1n) is 7.13. The molecule has 1 aromatic carbocycles. The maximum absolute atomic E-state index is 12.8. The fraction of sp³-hybridized carbons (Fsp3) is 0.375. The molecule has 1 amide bonds. The Bertz CT molecular complexity index is 556. The van der Waals surface area contributed by atoms with Crippen LogP contribution >= 0.6 is 0 Å². The molecule has 22 heavy (non-hydrogen) atoms. The van der Waals surface area contributed by atoms with Gasteiger partial charge in [0.25, 0.3) is 0 Å². The summed E-state index contributed by atoms with van der Waals surface area (Å²) in [7, 11) is 0. The van der Waals surface area contributed by atoms with Gasteiger partial charge in [-0.15, -0.1) is 0 Å². The lowest BCUT2D eigenvalue weighted by Gasteiger charge is -2.16. The van der Waals surface area contributed by atoms with E-state index in [9.17, 15) is 14.0 Å². The molecular formula is C16H18FNO4. The monoisotopic (exact) mass is 307 g/mol. The number of aliphatic carboxylic acids is 1. The van der Waals surface area contributed by atoms with Crippen LogP contribution in [0.15, 0.2) is 36.4 Å². The van der Waals surface area contributed by atoms with Gasteiger partial charge in [-0.3, -0.25) is 4.79 Å². The highest BCUT2D eigenvalue weighted by molar-refractivity contribution is 5.78. The number of halogens is 1. The molecule has 1 aliphatic carbocycles. The van der Waals surface area contributed by atoms with Crippen LogP contribution in [0.5, 0.6) is 5.75 Å². The van der Waals surface area contributed by atoms with Gasteiger partial charge in [0.15, 0.2) is 0 Å². The van der Waals surface area contributed by atoms with Crippen molar-refractivity contribution in [1.29, 1.82) is 0 Å². The Hall–Kier alpha value is -2.37. The van der Waals surface area contributed by atoms with E-state index >= 15 is 0 Å². The fourth-order valence-corrected chi connectivity index (χ4v) is 2.24. The third-order valence-electron chi connectivity index (χ3n) is 3.41. The lowest BCUT2D eigenvalue weighted by atomic mass is 10.1. The molecule has 1 aliphatic rings. The minimum absolute atomic E-state index is 0.137. The van der Waals surface area contributed by atoms with Gasteiger partial charge in [0.2, 0.25) is 12.0 Å². The zero-order valence-electron chi connectivity index (χ0n) is 12.0. The number of benzene rings is 1. The largest absolute Gasteiger partial charge is 0.478 e. The number of carboxylic acids is 1. The van der Waals surface area contributed by atoms with Gasteiger partial charge in [-0.25, -0.2) is 9.18 Å². The predicted molar refractivity (Wildman–Crippen MR) is 77.9 cm³/mol. The van der Waals surface area contributed by atoms with Crippen molar-refractivity contribution in [3.8, 4) is 5.75 Å². The summed E-state index contributed by atoms with van der Waals surface area (Å²) in [6.07, 6.45) is 5.09. The van der Waals surface area contributed by atoms with Crippen molar-refractivity contribution < 1.29 is 23.8 Å². The highest BCUT2D eigenvalue weighted by Crippen LogP contribution is 2.20. The second-order valence-electron chi connectivity index (χ2n) is 5.17. The Kier molecular flexibility index (Phi) is 5.52. The highest BCUT2D eigenvalue weighted by Gasteiger charge is 2.21. The van der Waals surface area contributed by atoms with Crippen LogP contribution in [0.25, 0.3) is 0 Å². The van der Waals surface area contributed by atoms with Gasteiger partial charge >= 0.3 is 5.97 Å². The first-order chi connectivity index (χ1) is 10.5. The van der Waals surface area contributed by atoms with Crippen LogP contribution in [0, 0.1) is 11.7 Å². The van der Waals surface area contributed by atoms with E-state index in [4.69, 9.17) is 9.84 Å². The Morgan fingerprint density at radius 2 is 2.09 bits per heavy atom. The molecule has 6 heteroatoms. The van der Waals surface area contributed by atoms with E-state index in [1.165, 1.54) is 24.3 Å². The summed E-state index contributed by atoms with van der Waals surface area (Å²) in [5.41, 5.74) is 0. The first-order valence-corrected chi connectivity index (χ1v) is 7.13. The average Bonchev–Trinajstić information content (AvgIpc) is 2.98. The molecule has 0 spiro atoms. The van der Waals surface area contributed by atoms with Gasteiger partial charge in [0.05, 0.1) is 6.54 Å². The number of nitrogens with one attached hydrogen (secondary N) is 1. The smallest absolute Gasteiger partial charge is 0.346 e. The molecule has 2 unspecified atom stereocenters. The zero-order valence-corrected chi connectivity index (χ0v) is 12.0. The number of carboxylic acid groups (broad SMARTS) is 1. The van der Waals surface area contributed by atoms with Crippen molar-refractivity contribution in [2.24, 2.45) is 5.92 Å². The molecule has 0 bridgehead atoms. The lowest BCUT2D eigenvalue weighted by Crippen LogP contribution is -2.40. The molecule has 118 valence electrons. The van der Waals surface area contributed by atoms with E-state index in [0.717, 1.165) is 12.8 Å². The Labute approximate surface area is 127 Å². The summed E-state index contributed by atoms with van der Waals surface area (Å²) in [6, 6.07) is 5.05. The number of carbonyl (C=O) groups excluding carboxylic acids is 1. The van der Waals surface area contributed by atoms with E-state index in [-0.39, 0.29) is 24.1 Å². The molecule has 2 atom stereocenters. The minimum Gasteiger partial charge on any atom is -0.478 e. The van der Waals surface area contributed by atoms with Crippen LogP contribution in [0.1, 0.15) is 19.3 Å². The van der Waals surface area contributed by atoms with Crippen molar-refractivity contribution in [2.45, 2.75) is 25.4 Å². The summed E-state index contributed by atoms with van der Waals surface area (Å²) in [5.74, 6) is -1.36. The molecule has 2 rings (SSSR count). The molecular weight excluding hydrogens is 289 g/mol. The molecule has 0 aromatic heterocycles. The van der Waals surface area contributed by atoms with E-state index in [1.54, 1.807) is 0 Å². The number of ether oxygens (including phenoxy) is 1. The van der Waals surface area contributed by atoms with Gasteiger partial charge in [-0.05, 0) is 43.0 Å². The Morgan fingerprint density at radius 1 is 1.36 bits per heavy atom. The van der Waals surface area contributed by atoms with Gasteiger partial charge in [0.1, 0.15) is 11.6 Å². The zero-order chi connectivity index (χ0) is 15.9. The maximum atomic E-state index is 12.8. The quantitative estimate of drug-likeness (QED) is 0.757. The summed E-state index contributed by atoms with van der Waals surface area (Å²) in [5, 5.41) is 11.7. The number of allylic oxidation sites excluding steroid dienone is 2. The van der Waals surface area contributed by atoms with Gasteiger partial charge in [-0.1, -0.05) is 12.2 Å². The van der Waals surface area contributed by atoms with Crippen molar-refractivity contribution >= 4 is 11.9 Å². The molecule has 0 radical (unpaired) electrons. The molecule has 1 aromatic rings. The van der Waals surface area contributed by atoms with Gasteiger partial charge in [-0.2, -0.15) is 0 Å². The third kappa shape index (κ3) is 4.87. The van der Waals surface area contributed by atoms with Gasteiger partial charge in [0, 0.05) is 6.42 Å². The van der Waals surface area contributed by atoms with E-state index in [0.29, 0.717) is 6.42 Å². The maximum Gasteiger partial charge on any atom is 0.346 e. The van der Waals surface area contributed by atoms with Crippen molar-refractivity contribution in [3.63, 3.8) is 0 Å². The lowest BCUT2D eigenvalue weighted by molar-refractivity contribution is -0.145. The normalized spacial score (nSPS) is 18.0.